The normalized spacial score (nSPS) is 11.6. The van der Waals surface area contributed by atoms with Gasteiger partial charge in [0.2, 0.25) is 10.0 Å². The number of hydrogen-bond acceptors (Lipinski definition) is 4. The van der Waals surface area contributed by atoms with Gasteiger partial charge in [0.15, 0.2) is 0 Å². The third-order valence-corrected chi connectivity index (χ3v) is 5.82. The van der Waals surface area contributed by atoms with Gasteiger partial charge in [-0.15, -0.1) is 0 Å². The Morgan fingerprint density at radius 3 is 2.44 bits per heavy atom. The highest BCUT2D eigenvalue weighted by molar-refractivity contribution is 7.89. The van der Waals surface area contributed by atoms with E-state index >= 15 is 0 Å². The molecule has 0 saturated heterocycles. The Bertz CT molecular complexity index is 837. The second-order valence-electron chi connectivity index (χ2n) is 5.58. The van der Waals surface area contributed by atoms with Gasteiger partial charge in [0.1, 0.15) is 5.82 Å². The summed E-state index contributed by atoms with van der Waals surface area (Å²) < 4.78 is 39.7. The number of benzene rings is 2. The molecule has 2 N–H and O–H groups in total. The molecule has 0 unspecified atom stereocenters. The molecule has 0 aliphatic carbocycles. The predicted molar refractivity (Wildman–Crippen MR) is 100 cm³/mol. The lowest BCUT2D eigenvalue weighted by molar-refractivity contribution is 0.521. The van der Waals surface area contributed by atoms with Crippen LogP contribution in [-0.4, -0.2) is 33.4 Å². The maximum atomic E-state index is 13.9. The Hall–Kier alpha value is -1.83. The maximum absolute atomic E-state index is 13.9. The first kappa shape index (κ1) is 19.5. The Morgan fingerprint density at radius 1 is 1.12 bits per heavy atom. The van der Waals surface area contributed by atoms with E-state index in [4.69, 9.17) is 11.6 Å². The Morgan fingerprint density at radius 2 is 1.84 bits per heavy atom. The molecule has 5 nitrogen and oxygen atoms in total. The molecule has 0 radical (unpaired) electrons. The standard InChI is InChI=1S/C17H21ClFN3O2S/c1-4-20-16-9-8-12(25(23,24)22(2)3)10-17(16)21-11-13-14(18)6-5-7-15(13)19/h5-10,20-21H,4,11H2,1-3H3. The molecular weight excluding hydrogens is 365 g/mol. The van der Waals surface area contributed by atoms with Crippen LogP contribution in [0.5, 0.6) is 0 Å². The van der Waals surface area contributed by atoms with Crippen molar-refractivity contribution in [3.63, 3.8) is 0 Å². The molecule has 2 aromatic carbocycles. The molecular formula is C17H21ClFN3O2S. The first-order valence-corrected chi connectivity index (χ1v) is 9.56. The number of rotatable bonds is 7. The van der Waals surface area contributed by atoms with Crippen molar-refractivity contribution in [1.29, 1.82) is 0 Å². The molecule has 0 saturated carbocycles. The van der Waals surface area contributed by atoms with Crippen molar-refractivity contribution in [3.05, 3.63) is 52.8 Å². The van der Waals surface area contributed by atoms with E-state index in [1.54, 1.807) is 12.1 Å². The Labute approximate surface area is 152 Å². The largest absolute Gasteiger partial charge is 0.384 e. The van der Waals surface area contributed by atoms with Crippen LogP contribution in [0.25, 0.3) is 0 Å². The van der Waals surface area contributed by atoms with Crippen LogP contribution in [0.1, 0.15) is 12.5 Å². The fourth-order valence-electron chi connectivity index (χ4n) is 2.27. The SMILES string of the molecule is CCNc1ccc(S(=O)(=O)N(C)C)cc1NCc1c(F)cccc1Cl. The van der Waals surface area contributed by atoms with Gasteiger partial charge in [0.05, 0.1) is 16.3 Å². The molecule has 2 aromatic rings. The summed E-state index contributed by atoms with van der Waals surface area (Å²) in [6.45, 7) is 2.73. The quantitative estimate of drug-likeness (QED) is 0.761. The topological polar surface area (TPSA) is 61.4 Å². The predicted octanol–water partition coefficient (Wildman–Crippen LogP) is 3.77. The van der Waals surface area contributed by atoms with Crippen molar-refractivity contribution in [1.82, 2.24) is 4.31 Å². The van der Waals surface area contributed by atoms with Gasteiger partial charge in [-0.25, -0.2) is 17.1 Å². The van der Waals surface area contributed by atoms with Gasteiger partial charge in [-0.05, 0) is 37.3 Å². The summed E-state index contributed by atoms with van der Waals surface area (Å²) in [6, 6.07) is 9.23. The molecule has 0 fully saturated rings. The zero-order chi connectivity index (χ0) is 18.6. The first-order chi connectivity index (χ1) is 11.8. The molecule has 8 heteroatoms. The van der Waals surface area contributed by atoms with Crippen molar-refractivity contribution in [2.45, 2.75) is 18.4 Å². The van der Waals surface area contributed by atoms with Gasteiger partial charge in [0, 0.05) is 37.8 Å². The zero-order valence-electron chi connectivity index (χ0n) is 14.3. The molecule has 0 amide bonds. The van der Waals surface area contributed by atoms with Crippen LogP contribution in [0.3, 0.4) is 0 Å². The number of anilines is 2. The second-order valence-corrected chi connectivity index (χ2v) is 8.14. The van der Waals surface area contributed by atoms with Crippen LogP contribution in [0.4, 0.5) is 15.8 Å². The third kappa shape index (κ3) is 4.42. The number of sulfonamides is 1. The van der Waals surface area contributed by atoms with E-state index in [1.165, 1.54) is 38.4 Å². The number of nitrogens with zero attached hydrogens (tertiary/aromatic N) is 1. The van der Waals surface area contributed by atoms with Crippen molar-refractivity contribution in [2.24, 2.45) is 0 Å². The van der Waals surface area contributed by atoms with Crippen molar-refractivity contribution in [2.75, 3.05) is 31.3 Å². The fraction of sp³-hybridized carbons (Fsp3) is 0.294. The minimum atomic E-state index is -3.56. The van der Waals surface area contributed by atoms with Crippen molar-refractivity contribution < 1.29 is 12.8 Å². The van der Waals surface area contributed by atoms with E-state index in [0.29, 0.717) is 22.8 Å². The summed E-state index contributed by atoms with van der Waals surface area (Å²) in [4.78, 5) is 0.154. The molecule has 0 aliphatic rings. The summed E-state index contributed by atoms with van der Waals surface area (Å²) in [5.74, 6) is -0.415. The highest BCUT2D eigenvalue weighted by atomic mass is 35.5. The van der Waals surface area contributed by atoms with Crippen LogP contribution in [-0.2, 0) is 16.6 Å². The molecule has 0 atom stereocenters. The molecule has 0 aromatic heterocycles. The van der Waals surface area contributed by atoms with Crippen molar-refractivity contribution in [3.8, 4) is 0 Å². The number of nitrogens with one attached hydrogen (secondary N) is 2. The van der Waals surface area contributed by atoms with Crippen LogP contribution in [0.15, 0.2) is 41.3 Å². The smallest absolute Gasteiger partial charge is 0.242 e. The van der Waals surface area contributed by atoms with Crippen LogP contribution in [0.2, 0.25) is 5.02 Å². The summed E-state index contributed by atoms with van der Waals surface area (Å²) in [6.07, 6.45) is 0. The lowest BCUT2D eigenvalue weighted by Crippen LogP contribution is -2.22. The van der Waals surface area contributed by atoms with E-state index in [2.05, 4.69) is 10.6 Å². The van der Waals surface area contributed by atoms with Gasteiger partial charge in [-0.3, -0.25) is 0 Å². The minimum Gasteiger partial charge on any atom is -0.384 e. The van der Waals surface area contributed by atoms with Crippen LogP contribution >= 0.6 is 11.6 Å². The van der Waals surface area contributed by atoms with E-state index in [1.807, 2.05) is 6.92 Å². The molecule has 0 bridgehead atoms. The Balaban J connectivity index is 2.37. The number of hydrogen-bond donors (Lipinski definition) is 2. The molecule has 0 aliphatic heterocycles. The highest BCUT2D eigenvalue weighted by Gasteiger charge is 2.19. The Kier molecular flexibility index (Phi) is 6.26. The molecule has 0 spiro atoms. The van der Waals surface area contributed by atoms with Crippen molar-refractivity contribution >= 4 is 33.0 Å². The molecule has 0 heterocycles. The zero-order valence-corrected chi connectivity index (χ0v) is 15.9. The van der Waals surface area contributed by atoms with E-state index in [0.717, 1.165) is 9.99 Å². The van der Waals surface area contributed by atoms with E-state index in [-0.39, 0.29) is 11.4 Å². The van der Waals surface area contributed by atoms with Gasteiger partial charge in [0.25, 0.3) is 0 Å². The minimum absolute atomic E-state index is 0.134. The van der Waals surface area contributed by atoms with Gasteiger partial charge in [-0.2, -0.15) is 0 Å². The summed E-state index contributed by atoms with van der Waals surface area (Å²) >= 11 is 6.04. The molecule has 136 valence electrons. The average molecular weight is 386 g/mol. The lowest BCUT2D eigenvalue weighted by Gasteiger charge is -2.17. The van der Waals surface area contributed by atoms with Gasteiger partial charge in [-0.1, -0.05) is 17.7 Å². The summed E-state index contributed by atoms with van der Waals surface area (Å²) in [5, 5.41) is 6.54. The van der Waals surface area contributed by atoms with E-state index < -0.39 is 15.8 Å². The second kappa shape index (κ2) is 8.03. The lowest BCUT2D eigenvalue weighted by atomic mass is 10.2. The monoisotopic (exact) mass is 385 g/mol. The van der Waals surface area contributed by atoms with Crippen LogP contribution in [0, 0.1) is 5.82 Å². The fourth-order valence-corrected chi connectivity index (χ4v) is 3.43. The molecule has 25 heavy (non-hydrogen) atoms. The van der Waals surface area contributed by atoms with E-state index in [9.17, 15) is 12.8 Å². The summed E-state index contributed by atoms with van der Waals surface area (Å²) in [7, 11) is -0.621. The van der Waals surface area contributed by atoms with Gasteiger partial charge >= 0.3 is 0 Å². The van der Waals surface area contributed by atoms with Gasteiger partial charge < -0.3 is 10.6 Å². The highest BCUT2D eigenvalue weighted by Crippen LogP contribution is 2.28. The maximum Gasteiger partial charge on any atom is 0.242 e. The summed E-state index contributed by atoms with van der Waals surface area (Å²) in [5.41, 5.74) is 1.62. The first-order valence-electron chi connectivity index (χ1n) is 7.74. The molecule has 2 rings (SSSR count). The number of halogens is 2. The van der Waals surface area contributed by atoms with Crippen LogP contribution < -0.4 is 10.6 Å². The third-order valence-electron chi connectivity index (χ3n) is 3.65. The average Bonchev–Trinajstić information content (AvgIpc) is 2.55.